The van der Waals surface area contributed by atoms with Gasteiger partial charge in [0.15, 0.2) is 0 Å². The van der Waals surface area contributed by atoms with Crippen molar-refractivity contribution in [3.63, 3.8) is 0 Å². The zero-order chi connectivity index (χ0) is 17.4. The Morgan fingerprint density at radius 1 is 1.04 bits per heavy atom. The fourth-order valence-corrected chi connectivity index (χ4v) is 1.97. The molecule has 0 radical (unpaired) electrons. The lowest BCUT2D eigenvalue weighted by Gasteiger charge is -2.08. The number of aryl methyl sites for hydroxylation is 1. The van der Waals surface area contributed by atoms with E-state index in [0.29, 0.717) is 6.54 Å². The van der Waals surface area contributed by atoms with Gasteiger partial charge in [-0.15, -0.1) is 0 Å². The van der Waals surface area contributed by atoms with Crippen molar-refractivity contribution in [1.29, 1.82) is 0 Å². The summed E-state index contributed by atoms with van der Waals surface area (Å²) in [5, 5.41) is 2.75. The maximum Gasteiger partial charge on any atom is 0.387 e. The van der Waals surface area contributed by atoms with Gasteiger partial charge < -0.3 is 14.8 Å². The third-order valence-electron chi connectivity index (χ3n) is 3.26. The van der Waals surface area contributed by atoms with Crippen molar-refractivity contribution in [3.8, 4) is 11.5 Å². The van der Waals surface area contributed by atoms with E-state index in [2.05, 4.69) is 10.1 Å². The van der Waals surface area contributed by atoms with Crippen LogP contribution in [0.5, 0.6) is 11.5 Å². The molecule has 0 saturated carbocycles. The SMILES string of the molecule is Cc1ccc(OCCC(=O)NCc2ccc(OC(F)F)cc2)cc1. The van der Waals surface area contributed by atoms with Gasteiger partial charge in [0, 0.05) is 6.54 Å². The monoisotopic (exact) mass is 335 g/mol. The molecule has 0 atom stereocenters. The van der Waals surface area contributed by atoms with Crippen molar-refractivity contribution in [1.82, 2.24) is 5.32 Å². The van der Waals surface area contributed by atoms with Gasteiger partial charge in [-0.05, 0) is 36.8 Å². The van der Waals surface area contributed by atoms with Gasteiger partial charge in [-0.2, -0.15) is 8.78 Å². The van der Waals surface area contributed by atoms with Crippen LogP contribution in [0.2, 0.25) is 0 Å². The second-order valence-corrected chi connectivity index (χ2v) is 5.21. The number of alkyl halides is 2. The lowest BCUT2D eigenvalue weighted by atomic mass is 10.2. The maximum atomic E-state index is 12.0. The predicted octanol–water partition coefficient (Wildman–Crippen LogP) is 3.68. The Hall–Kier alpha value is -2.63. The molecule has 0 fully saturated rings. The summed E-state index contributed by atoms with van der Waals surface area (Å²) in [4.78, 5) is 11.8. The molecule has 0 spiro atoms. The van der Waals surface area contributed by atoms with Crippen LogP contribution in [0.25, 0.3) is 0 Å². The van der Waals surface area contributed by atoms with Gasteiger partial charge >= 0.3 is 6.61 Å². The predicted molar refractivity (Wildman–Crippen MR) is 86.2 cm³/mol. The van der Waals surface area contributed by atoms with Gasteiger partial charge in [0.1, 0.15) is 11.5 Å². The van der Waals surface area contributed by atoms with Crippen LogP contribution < -0.4 is 14.8 Å². The first-order chi connectivity index (χ1) is 11.5. The number of benzene rings is 2. The molecule has 0 aliphatic rings. The Kier molecular flexibility index (Phi) is 6.54. The van der Waals surface area contributed by atoms with E-state index in [9.17, 15) is 13.6 Å². The second kappa shape index (κ2) is 8.86. The molecule has 0 bridgehead atoms. The molecule has 0 aromatic heterocycles. The minimum absolute atomic E-state index is 0.0894. The molecule has 2 rings (SSSR count). The quantitative estimate of drug-likeness (QED) is 0.800. The number of carbonyl (C=O) groups excluding carboxylic acids is 1. The smallest absolute Gasteiger partial charge is 0.387 e. The number of nitrogens with one attached hydrogen (secondary N) is 1. The van der Waals surface area contributed by atoms with Crippen molar-refractivity contribution < 1.29 is 23.0 Å². The minimum Gasteiger partial charge on any atom is -0.493 e. The summed E-state index contributed by atoms with van der Waals surface area (Å²) in [6, 6.07) is 13.7. The third-order valence-corrected chi connectivity index (χ3v) is 3.26. The number of hydrogen-bond donors (Lipinski definition) is 1. The number of ether oxygens (including phenoxy) is 2. The minimum atomic E-state index is -2.84. The van der Waals surface area contributed by atoms with E-state index in [4.69, 9.17) is 4.74 Å². The van der Waals surface area contributed by atoms with Crippen LogP contribution >= 0.6 is 0 Å². The molecule has 0 heterocycles. The highest BCUT2D eigenvalue weighted by atomic mass is 19.3. The first kappa shape index (κ1) is 17.7. The average molecular weight is 335 g/mol. The highest BCUT2D eigenvalue weighted by molar-refractivity contribution is 5.76. The van der Waals surface area contributed by atoms with Crippen molar-refractivity contribution >= 4 is 5.91 Å². The summed E-state index contributed by atoms with van der Waals surface area (Å²) in [7, 11) is 0. The molecule has 4 nitrogen and oxygen atoms in total. The first-order valence-corrected chi connectivity index (χ1v) is 7.53. The highest BCUT2D eigenvalue weighted by Crippen LogP contribution is 2.15. The standard InChI is InChI=1S/C18H19F2NO3/c1-13-2-6-15(7-3-13)23-11-10-17(22)21-12-14-4-8-16(9-5-14)24-18(19)20/h2-9,18H,10-12H2,1H3,(H,21,22). The summed E-state index contributed by atoms with van der Waals surface area (Å²) >= 11 is 0. The number of amides is 1. The molecule has 128 valence electrons. The van der Waals surface area contributed by atoms with Gasteiger partial charge in [-0.25, -0.2) is 0 Å². The van der Waals surface area contributed by atoms with Crippen molar-refractivity contribution in [3.05, 3.63) is 59.7 Å². The van der Waals surface area contributed by atoms with E-state index in [1.807, 2.05) is 31.2 Å². The fraction of sp³-hybridized carbons (Fsp3) is 0.278. The lowest BCUT2D eigenvalue weighted by molar-refractivity contribution is -0.121. The molecule has 24 heavy (non-hydrogen) atoms. The number of halogens is 2. The van der Waals surface area contributed by atoms with Crippen LogP contribution in [0.3, 0.4) is 0 Å². The van der Waals surface area contributed by atoms with Crippen LogP contribution in [0, 0.1) is 6.92 Å². The van der Waals surface area contributed by atoms with Crippen LogP contribution in [-0.2, 0) is 11.3 Å². The lowest BCUT2D eigenvalue weighted by Crippen LogP contribution is -2.24. The highest BCUT2D eigenvalue weighted by Gasteiger charge is 2.05. The Morgan fingerprint density at radius 3 is 2.29 bits per heavy atom. The molecule has 1 amide bonds. The summed E-state index contributed by atoms with van der Waals surface area (Å²) in [6.45, 7) is -0.248. The van der Waals surface area contributed by atoms with E-state index < -0.39 is 6.61 Å². The Bertz CT molecular complexity index is 642. The molecule has 6 heteroatoms. The van der Waals surface area contributed by atoms with E-state index >= 15 is 0 Å². The largest absolute Gasteiger partial charge is 0.493 e. The average Bonchev–Trinajstić information content (AvgIpc) is 2.55. The van der Waals surface area contributed by atoms with Gasteiger partial charge in [-0.1, -0.05) is 29.8 Å². The summed E-state index contributed by atoms with van der Waals surface area (Å²) in [6.07, 6.45) is 0.237. The van der Waals surface area contributed by atoms with Gasteiger partial charge in [-0.3, -0.25) is 4.79 Å². The topological polar surface area (TPSA) is 47.6 Å². The summed E-state index contributed by atoms with van der Waals surface area (Å²) in [5.41, 5.74) is 1.94. The van der Waals surface area contributed by atoms with E-state index in [-0.39, 0.29) is 24.7 Å². The van der Waals surface area contributed by atoms with Crippen LogP contribution in [-0.4, -0.2) is 19.1 Å². The molecule has 0 aliphatic heterocycles. The molecular formula is C18H19F2NO3. The van der Waals surface area contributed by atoms with Gasteiger partial charge in [0.2, 0.25) is 5.91 Å². The van der Waals surface area contributed by atoms with Crippen molar-refractivity contribution in [2.24, 2.45) is 0 Å². The number of hydrogen-bond acceptors (Lipinski definition) is 3. The zero-order valence-corrected chi connectivity index (χ0v) is 13.3. The molecule has 0 saturated heterocycles. The van der Waals surface area contributed by atoms with Crippen molar-refractivity contribution in [2.45, 2.75) is 26.5 Å². The van der Waals surface area contributed by atoms with E-state index in [1.54, 1.807) is 12.1 Å². The normalized spacial score (nSPS) is 10.5. The Morgan fingerprint density at radius 2 is 1.67 bits per heavy atom. The van der Waals surface area contributed by atoms with Crippen LogP contribution in [0.1, 0.15) is 17.5 Å². The zero-order valence-electron chi connectivity index (χ0n) is 13.3. The molecule has 2 aromatic carbocycles. The summed E-state index contributed by atoms with van der Waals surface area (Å²) in [5.74, 6) is 0.671. The van der Waals surface area contributed by atoms with E-state index in [1.165, 1.54) is 12.1 Å². The van der Waals surface area contributed by atoms with Crippen LogP contribution in [0.15, 0.2) is 48.5 Å². The molecular weight excluding hydrogens is 316 g/mol. The van der Waals surface area contributed by atoms with Crippen LogP contribution in [0.4, 0.5) is 8.78 Å². The summed E-state index contributed by atoms with van der Waals surface area (Å²) < 4.78 is 33.8. The Labute approximate surface area is 139 Å². The molecule has 1 N–H and O–H groups in total. The van der Waals surface area contributed by atoms with Crippen molar-refractivity contribution in [2.75, 3.05) is 6.61 Å². The van der Waals surface area contributed by atoms with Gasteiger partial charge in [0.25, 0.3) is 0 Å². The second-order valence-electron chi connectivity index (χ2n) is 5.21. The molecule has 0 unspecified atom stereocenters. The fourth-order valence-electron chi connectivity index (χ4n) is 1.97. The molecule has 0 aliphatic carbocycles. The first-order valence-electron chi connectivity index (χ1n) is 7.53. The number of rotatable bonds is 8. The third kappa shape index (κ3) is 6.24. The van der Waals surface area contributed by atoms with E-state index in [0.717, 1.165) is 16.9 Å². The Balaban J connectivity index is 1.68. The maximum absolute atomic E-state index is 12.0. The molecule has 2 aromatic rings. The van der Waals surface area contributed by atoms with Gasteiger partial charge in [0.05, 0.1) is 13.0 Å². The number of carbonyl (C=O) groups is 1.